The van der Waals surface area contributed by atoms with Gasteiger partial charge in [-0.1, -0.05) is 23.8 Å². The summed E-state index contributed by atoms with van der Waals surface area (Å²) in [6, 6.07) is 14.4. The monoisotopic (exact) mass is 374 g/mol. The first-order valence-corrected chi connectivity index (χ1v) is 9.65. The second-order valence-corrected chi connectivity index (χ2v) is 8.01. The lowest BCUT2D eigenvalue weighted by molar-refractivity contribution is -0.383. The van der Waals surface area contributed by atoms with Crippen LogP contribution in [0.25, 0.3) is 10.4 Å². The van der Waals surface area contributed by atoms with Crippen molar-refractivity contribution >= 4 is 32.7 Å². The minimum atomic E-state index is -3.92. The molecule has 1 aromatic heterocycles. The Morgan fingerprint density at radius 3 is 2.40 bits per heavy atom. The molecule has 0 aliphatic rings. The van der Waals surface area contributed by atoms with Crippen molar-refractivity contribution < 1.29 is 13.3 Å². The maximum atomic E-state index is 12.6. The van der Waals surface area contributed by atoms with Crippen LogP contribution in [0.3, 0.4) is 0 Å². The fourth-order valence-corrected chi connectivity index (χ4v) is 4.08. The van der Waals surface area contributed by atoms with Crippen molar-refractivity contribution in [2.75, 3.05) is 4.72 Å². The Bertz CT molecular complexity index is 1010. The molecule has 0 aliphatic heterocycles. The molecule has 0 saturated heterocycles. The summed E-state index contributed by atoms with van der Waals surface area (Å²) in [7, 11) is -3.92. The van der Waals surface area contributed by atoms with E-state index in [1.54, 1.807) is 18.2 Å². The second-order valence-electron chi connectivity index (χ2n) is 5.38. The number of sulfonamides is 1. The van der Waals surface area contributed by atoms with Crippen molar-refractivity contribution in [2.24, 2.45) is 0 Å². The van der Waals surface area contributed by atoms with Gasteiger partial charge in [0.2, 0.25) is 0 Å². The lowest BCUT2D eigenvalue weighted by Crippen LogP contribution is -2.14. The Hall–Kier alpha value is -2.71. The van der Waals surface area contributed by atoms with E-state index in [1.807, 2.05) is 24.4 Å². The number of nitrogens with one attached hydrogen (secondary N) is 1. The number of nitro benzene ring substituents is 1. The van der Waals surface area contributed by atoms with Gasteiger partial charge in [-0.25, -0.2) is 8.42 Å². The molecule has 128 valence electrons. The number of hydrogen-bond acceptors (Lipinski definition) is 5. The molecule has 0 amide bonds. The third kappa shape index (κ3) is 3.70. The number of aryl methyl sites for hydroxylation is 1. The summed E-state index contributed by atoms with van der Waals surface area (Å²) in [6.07, 6.45) is 0. The summed E-state index contributed by atoms with van der Waals surface area (Å²) in [5.41, 5.74) is 1.28. The molecule has 0 bridgehead atoms. The average Bonchev–Trinajstić information content (AvgIpc) is 3.09. The molecule has 3 rings (SSSR count). The predicted octanol–water partition coefficient (Wildman–Crippen LogP) is 4.43. The van der Waals surface area contributed by atoms with Gasteiger partial charge < -0.3 is 0 Å². The van der Waals surface area contributed by atoms with Gasteiger partial charge in [0.05, 0.1) is 9.82 Å². The zero-order valence-electron chi connectivity index (χ0n) is 13.2. The summed E-state index contributed by atoms with van der Waals surface area (Å²) >= 11 is 1.47. The maximum Gasteiger partial charge on any atom is 0.293 e. The van der Waals surface area contributed by atoms with E-state index in [0.29, 0.717) is 5.56 Å². The van der Waals surface area contributed by atoms with Gasteiger partial charge in [0.25, 0.3) is 15.7 Å². The minimum absolute atomic E-state index is 0.0499. The first-order valence-electron chi connectivity index (χ1n) is 7.28. The number of nitrogens with zero attached hydrogens (tertiary/aromatic N) is 1. The smallest absolute Gasteiger partial charge is 0.273 e. The Morgan fingerprint density at radius 2 is 1.80 bits per heavy atom. The number of benzene rings is 2. The molecule has 25 heavy (non-hydrogen) atoms. The highest BCUT2D eigenvalue weighted by Gasteiger charge is 2.21. The minimum Gasteiger partial charge on any atom is -0.273 e. The van der Waals surface area contributed by atoms with Crippen LogP contribution in [-0.2, 0) is 10.0 Å². The highest BCUT2D eigenvalue weighted by atomic mass is 32.2. The van der Waals surface area contributed by atoms with E-state index < -0.39 is 14.9 Å². The van der Waals surface area contributed by atoms with Gasteiger partial charge >= 0.3 is 0 Å². The van der Waals surface area contributed by atoms with Crippen molar-refractivity contribution in [3.8, 4) is 10.4 Å². The van der Waals surface area contributed by atoms with Gasteiger partial charge in [-0.2, -0.15) is 0 Å². The standard InChI is InChI=1S/C17H14N2O4S2/c1-12-4-7-14(8-5-12)25(22,23)18-15-11-13(17-3-2-10-24-17)6-9-16(15)19(20)21/h2-11,18H,1H3. The molecule has 2 aromatic carbocycles. The van der Waals surface area contributed by atoms with Crippen LogP contribution in [0, 0.1) is 17.0 Å². The van der Waals surface area contributed by atoms with Gasteiger partial charge in [0.15, 0.2) is 0 Å². The summed E-state index contributed by atoms with van der Waals surface area (Å²) in [4.78, 5) is 11.6. The zero-order valence-corrected chi connectivity index (χ0v) is 14.8. The highest BCUT2D eigenvalue weighted by molar-refractivity contribution is 7.92. The fourth-order valence-electron chi connectivity index (χ4n) is 2.29. The van der Waals surface area contributed by atoms with Crippen molar-refractivity contribution in [2.45, 2.75) is 11.8 Å². The van der Waals surface area contributed by atoms with Crippen LogP contribution in [0.15, 0.2) is 64.9 Å². The van der Waals surface area contributed by atoms with Crippen molar-refractivity contribution in [3.63, 3.8) is 0 Å². The van der Waals surface area contributed by atoms with Crippen LogP contribution in [0.5, 0.6) is 0 Å². The molecule has 0 saturated carbocycles. The molecule has 0 atom stereocenters. The third-order valence-corrected chi connectivity index (χ3v) is 5.87. The molecular formula is C17H14N2O4S2. The van der Waals surface area contributed by atoms with E-state index in [9.17, 15) is 18.5 Å². The molecule has 0 unspecified atom stereocenters. The van der Waals surface area contributed by atoms with Crippen LogP contribution in [0.1, 0.15) is 5.56 Å². The molecule has 1 N–H and O–H groups in total. The van der Waals surface area contributed by atoms with Crippen LogP contribution in [-0.4, -0.2) is 13.3 Å². The summed E-state index contributed by atoms with van der Waals surface area (Å²) in [5, 5.41) is 13.1. The number of hydrogen-bond donors (Lipinski definition) is 1. The Kier molecular flexibility index (Phi) is 4.56. The topological polar surface area (TPSA) is 89.3 Å². The Balaban J connectivity index is 2.04. The van der Waals surface area contributed by atoms with Crippen molar-refractivity contribution in [1.82, 2.24) is 0 Å². The van der Waals surface area contributed by atoms with E-state index in [0.717, 1.165) is 10.4 Å². The number of rotatable bonds is 5. The number of thiophene rings is 1. The summed E-state index contributed by atoms with van der Waals surface area (Å²) in [5.74, 6) is 0. The van der Waals surface area contributed by atoms with Crippen LogP contribution < -0.4 is 4.72 Å². The molecule has 0 radical (unpaired) electrons. The van der Waals surface area contributed by atoms with Gasteiger partial charge in [0, 0.05) is 10.9 Å². The molecule has 0 spiro atoms. The van der Waals surface area contributed by atoms with Gasteiger partial charge in [-0.3, -0.25) is 14.8 Å². The average molecular weight is 374 g/mol. The van der Waals surface area contributed by atoms with E-state index in [1.165, 1.54) is 35.6 Å². The SMILES string of the molecule is Cc1ccc(S(=O)(=O)Nc2cc(-c3cccs3)ccc2[N+](=O)[O-])cc1. The summed E-state index contributed by atoms with van der Waals surface area (Å²) < 4.78 is 27.5. The highest BCUT2D eigenvalue weighted by Crippen LogP contribution is 2.33. The van der Waals surface area contributed by atoms with Gasteiger partial charge in [-0.05, 0) is 48.2 Å². The first kappa shape index (κ1) is 17.1. The Morgan fingerprint density at radius 1 is 1.08 bits per heavy atom. The Labute approximate surface area is 149 Å². The molecule has 0 aliphatic carbocycles. The number of anilines is 1. The lowest BCUT2D eigenvalue weighted by atomic mass is 10.1. The third-order valence-electron chi connectivity index (χ3n) is 3.57. The van der Waals surface area contributed by atoms with Crippen LogP contribution in [0.2, 0.25) is 0 Å². The molecule has 8 heteroatoms. The van der Waals surface area contributed by atoms with E-state index in [4.69, 9.17) is 0 Å². The largest absolute Gasteiger partial charge is 0.293 e. The second kappa shape index (κ2) is 6.66. The zero-order chi connectivity index (χ0) is 18.0. The first-order chi connectivity index (χ1) is 11.9. The van der Waals surface area contributed by atoms with E-state index in [-0.39, 0.29) is 16.3 Å². The normalized spacial score (nSPS) is 11.2. The maximum absolute atomic E-state index is 12.6. The lowest BCUT2D eigenvalue weighted by Gasteiger charge is -2.10. The van der Waals surface area contributed by atoms with Gasteiger partial charge in [-0.15, -0.1) is 11.3 Å². The van der Waals surface area contributed by atoms with Crippen molar-refractivity contribution in [1.29, 1.82) is 0 Å². The van der Waals surface area contributed by atoms with E-state index >= 15 is 0 Å². The molecule has 1 heterocycles. The molecule has 3 aromatic rings. The molecule has 6 nitrogen and oxygen atoms in total. The summed E-state index contributed by atoms with van der Waals surface area (Å²) in [6.45, 7) is 1.85. The van der Waals surface area contributed by atoms with Gasteiger partial charge in [0.1, 0.15) is 5.69 Å². The van der Waals surface area contributed by atoms with Crippen LogP contribution >= 0.6 is 11.3 Å². The number of nitro groups is 1. The predicted molar refractivity (Wildman–Crippen MR) is 98.4 cm³/mol. The fraction of sp³-hybridized carbons (Fsp3) is 0.0588. The quantitative estimate of drug-likeness (QED) is 0.528. The molecule has 0 fully saturated rings. The van der Waals surface area contributed by atoms with Crippen molar-refractivity contribution in [3.05, 3.63) is 75.7 Å². The molecular weight excluding hydrogens is 360 g/mol. The van der Waals surface area contributed by atoms with Crippen LogP contribution in [0.4, 0.5) is 11.4 Å². The van der Waals surface area contributed by atoms with E-state index in [2.05, 4.69) is 4.72 Å².